The smallest absolute Gasteiger partial charge is 0.242 e. The number of nitrogens with zero attached hydrogens (tertiary/aromatic N) is 3. The maximum Gasteiger partial charge on any atom is 0.242 e. The number of rotatable bonds is 3. The number of amides is 1. The van der Waals surface area contributed by atoms with Crippen molar-refractivity contribution in [2.75, 3.05) is 39.3 Å². The lowest BCUT2D eigenvalue weighted by atomic mass is 10.1. The number of thiazole rings is 1. The Hall–Kier alpha value is -1.02. The van der Waals surface area contributed by atoms with Crippen molar-refractivity contribution >= 4 is 17.2 Å². The largest absolute Gasteiger partial charge is 0.375 e. The normalized spacial score (nSPS) is 27.8. The van der Waals surface area contributed by atoms with E-state index in [0.29, 0.717) is 6.61 Å². The van der Waals surface area contributed by atoms with Crippen molar-refractivity contribution in [3.05, 3.63) is 16.6 Å². The predicted molar refractivity (Wildman–Crippen MR) is 81.2 cm³/mol. The van der Waals surface area contributed by atoms with Crippen LogP contribution >= 0.6 is 11.3 Å². The molecular formula is C14H22N4O2S. The topological polar surface area (TPSA) is 57.7 Å². The minimum atomic E-state index is -0.191. The Bertz CT molecular complexity index is 460. The summed E-state index contributed by atoms with van der Waals surface area (Å²) in [6.45, 7) is 7.68. The van der Waals surface area contributed by atoms with Gasteiger partial charge in [-0.05, 0) is 6.92 Å². The predicted octanol–water partition coefficient (Wildman–Crippen LogP) is 0.164. The SMILES string of the molecule is C[C@H]1OCCN[C@@H]1C(=O)N1CCN(Cc2cscn2)CC1. The van der Waals surface area contributed by atoms with Crippen LogP contribution in [0.1, 0.15) is 12.6 Å². The van der Waals surface area contributed by atoms with Crippen LogP contribution in [0.3, 0.4) is 0 Å². The van der Waals surface area contributed by atoms with Crippen LogP contribution in [0.4, 0.5) is 0 Å². The van der Waals surface area contributed by atoms with E-state index in [9.17, 15) is 4.79 Å². The van der Waals surface area contributed by atoms with Gasteiger partial charge in [-0.2, -0.15) is 0 Å². The third-order valence-electron chi connectivity index (χ3n) is 4.14. The molecule has 116 valence electrons. The zero-order valence-corrected chi connectivity index (χ0v) is 13.1. The van der Waals surface area contributed by atoms with Gasteiger partial charge in [0.25, 0.3) is 0 Å². The Kier molecular flexibility index (Phi) is 4.84. The molecule has 0 radical (unpaired) electrons. The average molecular weight is 310 g/mol. The molecule has 7 heteroatoms. The number of nitrogens with one attached hydrogen (secondary N) is 1. The minimum absolute atomic E-state index is 0.0423. The van der Waals surface area contributed by atoms with E-state index in [-0.39, 0.29) is 18.1 Å². The summed E-state index contributed by atoms with van der Waals surface area (Å²) in [7, 11) is 0. The monoisotopic (exact) mass is 310 g/mol. The summed E-state index contributed by atoms with van der Waals surface area (Å²) in [5.41, 5.74) is 2.99. The zero-order chi connectivity index (χ0) is 14.7. The molecule has 6 nitrogen and oxygen atoms in total. The van der Waals surface area contributed by atoms with E-state index in [0.717, 1.165) is 45.0 Å². The van der Waals surface area contributed by atoms with Crippen LogP contribution in [0.25, 0.3) is 0 Å². The molecule has 0 spiro atoms. The van der Waals surface area contributed by atoms with Gasteiger partial charge >= 0.3 is 0 Å². The van der Waals surface area contributed by atoms with Crippen LogP contribution in [-0.2, 0) is 16.1 Å². The van der Waals surface area contributed by atoms with E-state index in [1.807, 2.05) is 17.3 Å². The minimum Gasteiger partial charge on any atom is -0.375 e. The Balaban J connectivity index is 1.49. The van der Waals surface area contributed by atoms with Crippen molar-refractivity contribution in [2.45, 2.75) is 25.6 Å². The van der Waals surface area contributed by atoms with Crippen LogP contribution in [0, 0.1) is 0 Å². The van der Waals surface area contributed by atoms with Crippen molar-refractivity contribution in [2.24, 2.45) is 0 Å². The molecule has 3 heterocycles. The number of aromatic nitrogens is 1. The molecule has 1 aromatic heterocycles. The number of hydrogen-bond donors (Lipinski definition) is 1. The van der Waals surface area contributed by atoms with E-state index < -0.39 is 0 Å². The van der Waals surface area contributed by atoms with Crippen molar-refractivity contribution in [3.63, 3.8) is 0 Å². The molecular weight excluding hydrogens is 288 g/mol. The highest BCUT2D eigenvalue weighted by atomic mass is 32.1. The Morgan fingerprint density at radius 1 is 1.48 bits per heavy atom. The maximum absolute atomic E-state index is 12.5. The second-order valence-electron chi connectivity index (χ2n) is 5.59. The molecule has 2 fully saturated rings. The average Bonchev–Trinajstić information content (AvgIpc) is 3.01. The lowest BCUT2D eigenvalue weighted by molar-refractivity contribution is -0.141. The first-order valence-electron chi connectivity index (χ1n) is 7.47. The summed E-state index contributed by atoms with van der Waals surface area (Å²) < 4.78 is 5.57. The van der Waals surface area contributed by atoms with E-state index in [4.69, 9.17) is 4.74 Å². The molecule has 2 aliphatic rings. The molecule has 21 heavy (non-hydrogen) atoms. The molecule has 1 aromatic rings. The van der Waals surface area contributed by atoms with Crippen molar-refractivity contribution in [1.29, 1.82) is 0 Å². The summed E-state index contributed by atoms with van der Waals surface area (Å²) in [5, 5.41) is 5.36. The summed E-state index contributed by atoms with van der Waals surface area (Å²) in [6, 6.07) is -0.191. The first-order valence-corrected chi connectivity index (χ1v) is 8.41. The lowest BCUT2D eigenvalue weighted by Gasteiger charge is -2.38. The van der Waals surface area contributed by atoms with Crippen molar-refractivity contribution in [3.8, 4) is 0 Å². The fourth-order valence-electron chi connectivity index (χ4n) is 2.88. The third-order valence-corrected chi connectivity index (χ3v) is 4.77. The molecule has 2 saturated heterocycles. The number of carbonyl (C=O) groups is 1. The van der Waals surface area contributed by atoms with Crippen LogP contribution in [0.2, 0.25) is 0 Å². The van der Waals surface area contributed by atoms with Crippen molar-refractivity contribution in [1.82, 2.24) is 20.1 Å². The van der Waals surface area contributed by atoms with E-state index >= 15 is 0 Å². The molecule has 1 amide bonds. The highest BCUT2D eigenvalue weighted by Gasteiger charge is 2.33. The summed E-state index contributed by atoms with van der Waals surface area (Å²) in [6.07, 6.45) is -0.0423. The molecule has 2 atom stereocenters. The number of hydrogen-bond acceptors (Lipinski definition) is 6. The maximum atomic E-state index is 12.5. The molecule has 0 bridgehead atoms. The molecule has 0 aromatic carbocycles. The van der Waals surface area contributed by atoms with E-state index in [1.54, 1.807) is 11.3 Å². The molecule has 1 N–H and O–H groups in total. The second-order valence-corrected chi connectivity index (χ2v) is 6.31. The Labute approximate surface area is 129 Å². The number of morpholine rings is 1. The number of piperazine rings is 1. The standard InChI is InChI=1S/C14H22N4O2S/c1-11-13(15-2-7-20-11)14(19)18-5-3-17(4-6-18)8-12-9-21-10-16-12/h9-11,13,15H,2-8H2,1H3/t11-,13+/m1/s1. The van der Waals surface area contributed by atoms with Crippen LogP contribution < -0.4 is 5.32 Å². The first-order chi connectivity index (χ1) is 10.2. The Morgan fingerprint density at radius 2 is 2.29 bits per heavy atom. The molecule has 3 rings (SSSR count). The quantitative estimate of drug-likeness (QED) is 0.862. The second kappa shape index (κ2) is 6.83. The van der Waals surface area contributed by atoms with Gasteiger partial charge in [-0.25, -0.2) is 4.98 Å². The van der Waals surface area contributed by atoms with Crippen LogP contribution in [-0.4, -0.2) is 72.2 Å². The van der Waals surface area contributed by atoms with Gasteiger partial charge in [0.05, 0.1) is 23.9 Å². The van der Waals surface area contributed by atoms with Crippen molar-refractivity contribution < 1.29 is 9.53 Å². The van der Waals surface area contributed by atoms with Gasteiger partial charge in [0.15, 0.2) is 0 Å². The summed E-state index contributed by atoms with van der Waals surface area (Å²) in [5.74, 6) is 0.176. The fourth-order valence-corrected chi connectivity index (χ4v) is 3.43. The molecule has 2 aliphatic heterocycles. The fraction of sp³-hybridized carbons (Fsp3) is 0.714. The van der Waals surface area contributed by atoms with Gasteiger partial charge in [0, 0.05) is 44.6 Å². The summed E-state index contributed by atoms with van der Waals surface area (Å²) in [4.78, 5) is 21.2. The number of ether oxygens (including phenoxy) is 1. The van der Waals surface area contributed by atoms with E-state index in [2.05, 4.69) is 20.6 Å². The van der Waals surface area contributed by atoms with Gasteiger partial charge in [-0.1, -0.05) is 0 Å². The molecule has 0 saturated carbocycles. The highest BCUT2D eigenvalue weighted by molar-refractivity contribution is 7.07. The lowest BCUT2D eigenvalue weighted by Crippen LogP contribution is -2.59. The highest BCUT2D eigenvalue weighted by Crippen LogP contribution is 2.12. The van der Waals surface area contributed by atoms with Gasteiger partial charge in [-0.15, -0.1) is 11.3 Å². The zero-order valence-electron chi connectivity index (χ0n) is 12.3. The van der Waals surface area contributed by atoms with E-state index in [1.165, 1.54) is 0 Å². The number of carbonyl (C=O) groups excluding carboxylic acids is 1. The third kappa shape index (κ3) is 3.60. The van der Waals surface area contributed by atoms with Gasteiger partial charge < -0.3 is 15.0 Å². The Morgan fingerprint density at radius 3 is 2.95 bits per heavy atom. The van der Waals surface area contributed by atoms with Gasteiger partial charge in [0.1, 0.15) is 6.04 Å². The summed E-state index contributed by atoms with van der Waals surface area (Å²) >= 11 is 1.63. The first kappa shape index (κ1) is 14.9. The van der Waals surface area contributed by atoms with Crippen LogP contribution in [0.15, 0.2) is 10.9 Å². The molecule has 0 aliphatic carbocycles. The molecule has 0 unspecified atom stereocenters. The van der Waals surface area contributed by atoms with Gasteiger partial charge in [0.2, 0.25) is 5.91 Å². The van der Waals surface area contributed by atoms with Gasteiger partial charge in [-0.3, -0.25) is 9.69 Å². The van der Waals surface area contributed by atoms with Crippen LogP contribution in [0.5, 0.6) is 0 Å².